The number of aryl methyl sites for hydroxylation is 1. The summed E-state index contributed by atoms with van der Waals surface area (Å²) in [5.74, 6) is 1.46. The van der Waals surface area contributed by atoms with E-state index >= 15 is 0 Å². The van der Waals surface area contributed by atoms with Crippen molar-refractivity contribution in [3.8, 4) is 17.2 Å². The molecule has 0 radical (unpaired) electrons. The molecule has 4 rings (SSSR count). The molecule has 0 saturated heterocycles. The van der Waals surface area contributed by atoms with E-state index in [0.29, 0.717) is 42.8 Å². The molecule has 0 saturated carbocycles. The molecule has 8 heteroatoms. The van der Waals surface area contributed by atoms with Gasteiger partial charge in [-0.05, 0) is 47.2 Å². The zero-order valence-electron chi connectivity index (χ0n) is 13.6. The van der Waals surface area contributed by atoms with E-state index in [9.17, 15) is 4.39 Å². The maximum atomic E-state index is 14.1. The first-order chi connectivity index (χ1) is 12.2. The van der Waals surface area contributed by atoms with E-state index in [1.54, 1.807) is 12.1 Å². The van der Waals surface area contributed by atoms with E-state index in [2.05, 4.69) is 20.8 Å². The summed E-state index contributed by atoms with van der Waals surface area (Å²) in [6.07, 6.45) is 0. The van der Waals surface area contributed by atoms with Gasteiger partial charge in [-0.3, -0.25) is 0 Å². The Bertz CT molecular complexity index is 912. The number of hydrogen-bond acceptors (Lipinski definition) is 6. The maximum absolute atomic E-state index is 14.1. The van der Waals surface area contributed by atoms with Crippen LogP contribution in [0.15, 0.2) is 36.4 Å². The summed E-state index contributed by atoms with van der Waals surface area (Å²) >= 11 is 0. The van der Waals surface area contributed by atoms with Crippen molar-refractivity contribution in [2.75, 3.05) is 18.5 Å². The Balaban J connectivity index is 1.60. The zero-order chi connectivity index (χ0) is 17.2. The van der Waals surface area contributed by atoms with E-state index in [0.717, 1.165) is 11.3 Å². The summed E-state index contributed by atoms with van der Waals surface area (Å²) in [5, 5.41) is 14.8. The lowest BCUT2D eigenvalue weighted by Gasteiger charge is -2.21. The van der Waals surface area contributed by atoms with Crippen molar-refractivity contribution in [2.24, 2.45) is 0 Å². The van der Waals surface area contributed by atoms with Crippen LogP contribution < -0.4 is 14.8 Å². The Morgan fingerprint density at radius 3 is 3.00 bits per heavy atom. The van der Waals surface area contributed by atoms with Gasteiger partial charge < -0.3 is 14.8 Å². The van der Waals surface area contributed by atoms with E-state index in [4.69, 9.17) is 9.47 Å². The Hall–Kier alpha value is -3.16. The minimum atomic E-state index is -0.382. The van der Waals surface area contributed by atoms with Gasteiger partial charge in [-0.25, -0.2) is 4.39 Å². The minimum Gasteiger partial charge on any atom is -0.486 e. The molecule has 1 aliphatic heterocycles. The van der Waals surface area contributed by atoms with Crippen LogP contribution in [0.1, 0.15) is 11.4 Å². The second-order valence-electron chi connectivity index (χ2n) is 5.65. The van der Waals surface area contributed by atoms with E-state index in [1.165, 1.54) is 10.7 Å². The molecule has 128 valence electrons. The average Bonchev–Trinajstić information content (AvgIpc) is 3.10. The molecular weight excluding hydrogens is 325 g/mol. The van der Waals surface area contributed by atoms with E-state index in [-0.39, 0.29) is 5.82 Å². The Labute approximate surface area is 143 Å². The summed E-state index contributed by atoms with van der Waals surface area (Å²) in [6, 6.07) is 10.4. The first-order valence-corrected chi connectivity index (χ1v) is 7.88. The van der Waals surface area contributed by atoms with Crippen molar-refractivity contribution in [1.29, 1.82) is 0 Å². The number of aromatic nitrogens is 4. The van der Waals surface area contributed by atoms with E-state index in [1.807, 2.05) is 25.1 Å². The molecule has 0 amide bonds. The van der Waals surface area contributed by atoms with Crippen LogP contribution in [0.3, 0.4) is 0 Å². The number of halogens is 1. The number of fused-ring (bicyclic) bond motifs is 1. The number of benzene rings is 2. The smallest absolute Gasteiger partial charge is 0.184 e. The fourth-order valence-corrected chi connectivity index (χ4v) is 2.68. The lowest BCUT2D eigenvalue weighted by Crippen LogP contribution is -2.17. The van der Waals surface area contributed by atoms with E-state index < -0.39 is 0 Å². The van der Waals surface area contributed by atoms with Crippen LogP contribution in [0.25, 0.3) is 5.69 Å². The second kappa shape index (κ2) is 6.39. The first-order valence-electron chi connectivity index (χ1n) is 7.88. The van der Waals surface area contributed by atoms with Gasteiger partial charge in [0.05, 0.1) is 12.2 Å². The monoisotopic (exact) mass is 341 g/mol. The van der Waals surface area contributed by atoms with Gasteiger partial charge in [-0.15, -0.1) is 5.10 Å². The van der Waals surface area contributed by atoms with Gasteiger partial charge in [0.2, 0.25) is 0 Å². The molecule has 0 unspecified atom stereocenters. The second-order valence-corrected chi connectivity index (χ2v) is 5.65. The lowest BCUT2D eigenvalue weighted by molar-refractivity contribution is 0.172. The lowest BCUT2D eigenvalue weighted by atomic mass is 10.2. The first kappa shape index (κ1) is 15.4. The van der Waals surface area contributed by atoms with Crippen LogP contribution in [0.2, 0.25) is 0 Å². The number of nitrogens with zero attached hydrogens (tertiary/aromatic N) is 4. The summed E-state index contributed by atoms with van der Waals surface area (Å²) in [4.78, 5) is 0. The molecule has 25 heavy (non-hydrogen) atoms. The molecule has 3 aromatic rings. The highest BCUT2D eigenvalue weighted by molar-refractivity contribution is 5.63. The largest absolute Gasteiger partial charge is 0.486 e. The number of nitrogens with one attached hydrogen (secondary N) is 1. The summed E-state index contributed by atoms with van der Waals surface area (Å²) < 4.78 is 26.7. The molecule has 0 aliphatic carbocycles. The summed E-state index contributed by atoms with van der Waals surface area (Å²) in [5.41, 5.74) is 2.02. The third kappa shape index (κ3) is 2.98. The zero-order valence-corrected chi connectivity index (χ0v) is 13.6. The SMILES string of the molecule is Cc1ccc(F)c(-n2nnnc2CNc2cccc3c2OCCO3)c1. The Kier molecular flexibility index (Phi) is 3.93. The molecule has 2 heterocycles. The molecule has 7 nitrogen and oxygen atoms in total. The van der Waals surface area contributed by atoms with Crippen LogP contribution in [-0.4, -0.2) is 33.4 Å². The predicted octanol–water partition coefficient (Wildman–Crippen LogP) is 2.49. The van der Waals surface area contributed by atoms with Crippen molar-refractivity contribution in [3.63, 3.8) is 0 Å². The molecule has 2 aromatic carbocycles. The number of ether oxygens (including phenoxy) is 2. The van der Waals surface area contributed by atoms with Gasteiger partial charge in [-0.1, -0.05) is 12.1 Å². The van der Waals surface area contributed by atoms with Crippen LogP contribution in [0.5, 0.6) is 11.5 Å². The van der Waals surface area contributed by atoms with Gasteiger partial charge in [0.15, 0.2) is 17.3 Å². The highest BCUT2D eigenvalue weighted by Gasteiger charge is 2.17. The highest BCUT2D eigenvalue weighted by Crippen LogP contribution is 2.37. The fraction of sp³-hybridized carbons (Fsp3) is 0.235. The summed E-state index contributed by atoms with van der Waals surface area (Å²) in [6.45, 7) is 3.22. The van der Waals surface area contributed by atoms with Crippen LogP contribution in [0, 0.1) is 12.7 Å². The molecule has 0 fully saturated rings. The average molecular weight is 341 g/mol. The van der Waals surface area contributed by atoms with Crippen LogP contribution in [-0.2, 0) is 6.54 Å². The molecule has 0 atom stereocenters. The van der Waals surface area contributed by atoms with Gasteiger partial charge in [0.25, 0.3) is 0 Å². The van der Waals surface area contributed by atoms with Crippen molar-refractivity contribution < 1.29 is 13.9 Å². The molecule has 1 aromatic heterocycles. The standard InChI is InChI=1S/C17H16FN5O2/c1-11-5-6-12(18)14(9-11)23-16(20-21-22-23)10-19-13-3-2-4-15-17(13)25-8-7-24-15/h2-6,9,19H,7-8,10H2,1H3. The number of tetrazole rings is 1. The normalized spacial score (nSPS) is 12.9. The van der Waals surface area contributed by atoms with Crippen molar-refractivity contribution in [2.45, 2.75) is 13.5 Å². The van der Waals surface area contributed by atoms with Gasteiger partial charge in [-0.2, -0.15) is 4.68 Å². The maximum Gasteiger partial charge on any atom is 0.184 e. The predicted molar refractivity (Wildman–Crippen MR) is 88.6 cm³/mol. The molecule has 1 aliphatic rings. The van der Waals surface area contributed by atoms with Crippen molar-refractivity contribution in [3.05, 3.63) is 53.6 Å². The highest BCUT2D eigenvalue weighted by atomic mass is 19.1. The third-order valence-corrected chi connectivity index (χ3v) is 3.87. The summed E-state index contributed by atoms with van der Waals surface area (Å²) in [7, 11) is 0. The van der Waals surface area contributed by atoms with Crippen LogP contribution in [0.4, 0.5) is 10.1 Å². The quantitative estimate of drug-likeness (QED) is 0.786. The van der Waals surface area contributed by atoms with Gasteiger partial charge in [0.1, 0.15) is 24.7 Å². The van der Waals surface area contributed by atoms with Crippen LogP contribution >= 0.6 is 0 Å². The Morgan fingerprint density at radius 2 is 2.08 bits per heavy atom. The van der Waals surface area contributed by atoms with Gasteiger partial charge in [0, 0.05) is 0 Å². The van der Waals surface area contributed by atoms with Crippen molar-refractivity contribution >= 4 is 5.69 Å². The van der Waals surface area contributed by atoms with Gasteiger partial charge >= 0.3 is 0 Å². The molecule has 0 spiro atoms. The topological polar surface area (TPSA) is 74.1 Å². The number of para-hydroxylation sites is 1. The van der Waals surface area contributed by atoms with Crippen molar-refractivity contribution in [1.82, 2.24) is 20.2 Å². The molecule has 1 N–H and O–H groups in total. The Morgan fingerprint density at radius 1 is 1.20 bits per heavy atom. The minimum absolute atomic E-state index is 0.306. The number of hydrogen-bond donors (Lipinski definition) is 1. The number of anilines is 1. The number of rotatable bonds is 4. The molecular formula is C17H16FN5O2. The fourth-order valence-electron chi connectivity index (χ4n) is 2.68. The third-order valence-electron chi connectivity index (χ3n) is 3.87. The molecule has 0 bridgehead atoms.